The number of hydrogen-bond donors (Lipinski definition) is 0. The Bertz CT molecular complexity index is 813. The zero-order valence-electron chi connectivity index (χ0n) is 15.2. The van der Waals surface area contributed by atoms with Crippen molar-refractivity contribution < 1.29 is 14.3 Å². The standard InChI is InChI=1S/C20H23N3O3S/c24-17-8-4-7-16-20(17)27-18(21-16)13-22-9-11-23(12-10-22)19(25)14-26-15-5-2-1-3-6-15/h1-3,5-6H,4,7-14H2. The highest BCUT2D eigenvalue weighted by Crippen LogP contribution is 2.27. The third-order valence-corrected chi connectivity index (χ3v) is 6.13. The van der Waals surface area contributed by atoms with Crippen LogP contribution >= 0.6 is 11.3 Å². The molecule has 0 unspecified atom stereocenters. The van der Waals surface area contributed by atoms with Crippen LogP contribution in [0.1, 0.15) is 33.2 Å². The number of aromatic nitrogens is 1. The van der Waals surface area contributed by atoms with Gasteiger partial charge >= 0.3 is 0 Å². The fourth-order valence-electron chi connectivity index (χ4n) is 3.49. The highest BCUT2D eigenvalue weighted by molar-refractivity contribution is 7.13. The lowest BCUT2D eigenvalue weighted by molar-refractivity contribution is -0.135. The lowest BCUT2D eigenvalue weighted by Crippen LogP contribution is -2.49. The molecule has 0 N–H and O–H groups in total. The molecule has 1 aromatic heterocycles. The van der Waals surface area contributed by atoms with Gasteiger partial charge in [0.25, 0.3) is 5.91 Å². The van der Waals surface area contributed by atoms with E-state index in [0.29, 0.717) is 25.3 Å². The number of benzene rings is 1. The molecule has 7 heteroatoms. The number of fused-ring (bicyclic) bond motifs is 1. The van der Waals surface area contributed by atoms with E-state index in [-0.39, 0.29) is 18.3 Å². The molecule has 4 rings (SSSR count). The Hall–Kier alpha value is -2.25. The van der Waals surface area contributed by atoms with Crippen LogP contribution in [-0.4, -0.2) is 59.3 Å². The Labute approximate surface area is 162 Å². The molecule has 6 nitrogen and oxygen atoms in total. The van der Waals surface area contributed by atoms with Crippen molar-refractivity contribution in [1.29, 1.82) is 0 Å². The molecule has 2 aliphatic rings. The Balaban J connectivity index is 1.25. The number of hydrogen-bond acceptors (Lipinski definition) is 6. The van der Waals surface area contributed by atoms with E-state index in [4.69, 9.17) is 4.74 Å². The lowest BCUT2D eigenvalue weighted by atomic mass is 10.0. The molecule has 0 atom stereocenters. The van der Waals surface area contributed by atoms with Crippen LogP contribution in [0.3, 0.4) is 0 Å². The molecular weight excluding hydrogens is 362 g/mol. The molecule has 0 saturated carbocycles. The molecule has 1 aromatic carbocycles. The van der Waals surface area contributed by atoms with Crippen LogP contribution in [0.4, 0.5) is 0 Å². The van der Waals surface area contributed by atoms with E-state index in [0.717, 1.165) is 48.1 Å². The molecule has 0 bridgehead atoms. The van der Waals surface area contributed by atoms with Gasteiger partial charge in [-0.2, -0.15) is 0 Å². The Kier molecular flexibility index (Phi) is 5.50. The summed E-state index contributed by atoms with van der Waals surface area (Å²) in [7, 11) is 0. The smallest absolute Gasteiger partial charge is 0.260 e. The summed E-state index contributed by atoms with van der Waals surface area (Å²) in [5, 5.41) is 1.02. The fraction of sp³-hybridized carbons (Fsp3) is 0.450. The molecule has 1 amide bonds. The van der Waals surface area contributed by atoms with Crippen LogP contribution in [-0.2, 0) is 17.8 Å². The number of thiazole rings is 1. The number of nitrogens with zero attached hydrogens (tertiary/aromatic N) is 3. The number of aryl methyl sites for hydroxylation is 1. The van der Waals surface area contributed by atoms with Crippen molar-refractivity contribution in [3.63, 3.8) is 0 Å². The first-order valence-corrected chi connectivity index (χ1v) is 10.2. The number of ether oxygens (including phenoxy) is 1. The summed E-state index contributed by atoms with van der Waals surface area (Å²) < 4.78 is 5.56. The van der Waals surface area contributed by atoms with E-state index < -0.39 is 0 Å². The average Bonchev–Trinajstić information content (AvgIpc) is 3.11. The maximum Gasteiger partial charge on any atom is 0.260 e. The summed E-state index contributed by atoms with van der Waals surface area (Å²) >= 11 is 1.55. The monoisotopic (exact) mass is 385 g/mol. The first-order chi connectivity index (χ1) is 13.2. The van der Waals surface area contributed by atoms with E-state index in [9.17, 15) is 9.59 Å². The van der Waals surface area contributed by atoms with Crippen molar-refractivity contribution in [2.45, 2.75) is 25.8 Å². The second kappa shape index (κ2) is 8.19. The molecule has 1 fully saturated rings. The Morgan fingerprint density at radius 2 is 1.89 bits per heavy atom. The number of amides is 1. The second-order valence-corrected chi connectivity index (χ2v) is 8.00. The van der Waals surface area contributed by atoms with Crippen molar-refractivity contribution in [2.24, 2.45) is 0 Å². The first kappa shape index (κ1) is 18.1. The van der Waals surface area contributed by atoms with Gasteiger partial charge in [-0.05, 0) is 25.0 Å². The summed E-state index contributed by atoms with van der Waals surface area (Å²) in [4.78, 5) is 34.0. The van der Waals surface area contributed by atoms with Crippen LogP contribution in [0, 0.1) is 0 Å². The zero-order valence-corrected chi connectivity index (χ0v) is 16.0. The lowest BCUT2D eigenvalue weighted by Gasteiger charge is -2.34. The number of ketones is 1. The third kappa shape index (κ3) is 4.36. The number of carbonyl (C=O) groups is 2. The summed E-state index contributed by atoms with van der Waals surface area (Å²) in [6.07, 6.45) is 2.49. The highest BCUT2D eigenvalue weighted by atomic mass is 32.1. The van der Waals surface area contributed by atoms with Crippen LogP contribution in [0.5, 0.6) is 5.75 Å². The van der Waals surface area contributed by atoms with E-state index in [1.165, 1.54) is 0 Å². The number of Topliss-reactive ketones (excluding diaryl/α,β-unsaturated/α-hetero) is 1. The molecule has 27 heavy (non-hydrogen) atoms. The quantitative estimate of drug-likeness (QED) is 0.791. The molecular formula is C20H23N3O3S. The number of para-hydroxylation sites is 1. The van der Waals surface area contributed by atoms with Crippen molar-refractivity contribution in [3.05, 3.63) is 45.9 Å². The van der Waals surface area contributed by atoms with Gasteiger partial charge in [-0.15, -0.1) is 11.3 Å². The van der Waals surface area contributed by atoms with Gasteiger partial charge in [0, 0.05) is 32.6 Å². The minimum Gasteiger partial charge on any atom is -0.484 e. The van der Waals surface area contributed by atoms with Crippen LogP contribution in [0.2, 0.25) is 0 Å². The normalized spacial score (nSPS) is 17.6. The molecule has 1 aliphatic heterocycles. The zero-order chi connectivity index (χ0) is 18.6. The van der Waals surface area contributed by atoms with Gasteiger partial charge in [0.15, 0.2) is 12.4 Å². The molecule has 1 aliphatic carbocycles. The van der Waals surface area contributed by atoms with Gasteiger partial charge in [0.1, 0.15) is 10.8 Å². The SMILES string of the molecule is O=C1CCCc2nc(CN3CCN(C(=O)COc4ccccc4)CC3)sc21. The number of piperazine rings is 1. The van der Waals surface area contributed by atoms with Crippen LogP contribution in [0.15, 0.2) is 30.3 Å². The molecule has 2 aromatic rings. The average molecular weight is 385 g/mol. The molecule has 0 radical (unpaired) electrons. The fourth-order valence-corrected chi connectivity index (χ4v) is 4.61. The predicted octanol–water partition coefficient (Wildman–Crippen LogP) is 2.39. The number of carbonyl (C=O) groups excluding carboxylic acids is 2. The van der Waals surface area contributed by atoms with Crippen LogP contribution in [0.25, 0.3) is 0 Å². The van der Waals surface area contributed by atoms with E-state index in [1.807, 2.05) is 35.2 Å². The predicted molar refractivity (Wildman–Crippen MR) is 103 cm³/mol. The molecule has 1 saturated heterocycles. The van der Waals surface area contributed by atoms with Gasteiger partial charge in [0.2, 0.25) is 0 Å². The summed E-state index contributed by atoms with van der Waals surface area (Å²) in [5.41, 5.74) is 0.984. The van der Waals surface area contributed by atoms with Crippen molar-refractivity contribution in [2.75, 3.05) is 32.8 Å². The summed E-state index contributed by atoms with van der Waals surface area (Å²) in [6.45, 7) is 3.85. The largest absolute Gasteiger partial charge is 0.484 e. The summed E-state index contributed by atoms with van der Waals surface area (Å²) in [6, 6.07) is 9.40. The highest BCUT2D eigenvalue weighted by Gasteiger charge is 2.25. The molecule has 2 heterocycles. The van der Waals surface area contributed by atoms with Gasteiger partial charge in [-0.3, -0.25) is 14.5 Å². The number of rotatable bonds is 5. The van der Waals surface area contributed by atoms with E-state index >= 15 is 0 Å². The first-order valence-electron chi connectivity index (χ1n) is 9.39. The molecule has 0 spiro atoms. The minimum absolute atomic E-state index is 0.0220. The minimum atomic E-state index is 0.0220. The van der Waals surface area contributed by atoms with Gasteiger partial charge in [-0.25, -0.2) is 4.98 Å². The Morgan fingerprint density at radius 1 is 1.11 bits per heavy atom. The van der Waals surface area contributed by atoms with Crippen molar-refractivity contribution in [1.82, 2.24) is 14.8 Å². The van der Waals surface area contributed by atoms with Crippen LogP contribution < -0.4 is 4.74 Å². The Morgan fingerprint density at radius 3 is 2.63 bits per heavy atom. The molecule has 142 valence electrons. The topological polar surface area (TPSA) is 62.7 Å². The van der Waals surface area contributed by atoms with E-state index in [2.05, 4.69) is 9.88 Å². The van der Waals surface area contributed by atoms with Crippen molar-refractivity contribution >= 4 is 23.0 Å². The second-order valence-electron chi connectivity index (χ2n) is 6.92. The summed E-state index contributed by atoms with van der Waals surface area (Å²) in [5.74, 6) is 0.981. The van der Waals surface area contributed by atoms with Gasteiger partial charge < -0.3 is 9.64 Å². The third-order valence-electron chi connectivity index (χ3n) is 5.00. The maximum atomic E-state index is 12.3. The van der Waals surface area contributed by atoms with E-state index in [1.54, 1.807) is 11.3 Å². The van der Waals surface area contributed by atoms with Gasteiger partial charge in [-0.1, -0.05) is 18.2 Å². The van der Waals surface area contributed by atoms with Gasteiger partial charge in [0.05, 0.1) is 17.1 Å². The van der Waals surface area contributed by atoms with Crippen molar-refractivity contribution in [3.8, 4) is 5.75 Å². The maximum absolute atomic E-state index is 12.3.